The number of aliphatic hydroxyl groups is 1. The summed E-state index contributed by atoms with van der Waals surface area (Å²) in [7, 11) is 0. The highest BCUT2D eigenvalue weighted by Crippen LogP contribution is 2.45. The van der Waals surface area contributed by atoms with Crippen LogP contribution in [-0.2, 0) is 9.59 Å². The molecule has 1 unspecified atom stereocenters. The molecule has 1 fully saturated rings. The van der Waals surface area contributed by atoms with Gasteiger partial charge in [-0.2, -0.15) is 0 Å². The normalized spacial score (nSPS) is 17.7. The smallest absolute Gasteiger partial charge is 0.300 e. The number of aryl methyl sites for hydroxylation is 2. The van der Waals surface area contributed by atoms with Crippen LogP contribution in [0.2, 0.25) is 0 Å². The van der Waals surface area contributed by atoms with Crippen LogP contribution in [0.4, 0.5) is 5.69 Å². The molecule has 1 aromatic heterocycles. The van der Waals surface area contributed by atoms with E-state index in [1.54, 1.807) is 24.3 Å². The first-order chi connectivity index (χ1) is 15.4. The monoisotopic (exact) mass is 447 g/mol. The van der Waals surface area contributed by atoms with E-state index in [0.717, 1.165) is 22.4 Å². The number of Topliss-reactive ketones (excluding diaryl/α,β-unsaturated/α-hetero) is 1. The molecule has 1 amide bonds. The summed E-state index contributed by atoms with van der Waals surface area (Å²) in [6, 6.07) is 15.7. The van der Waals surface area contributed by atoms with Crippen molar-refractivity contribution in [3.05, 3.63) is 87.1 Å². The summed E-state index contributed by atoms with van der Waals surface area (Å²) in [5, 5.41) is 13.2. The van der Waals surface area contributed by atoms with Crippen LogP contribution in [0.25, 0.3) is 5.76 Å². The van der Waals surface area contributed by atoms with Crippen molar-refractivity contribution in [2.45, 2.75) is 33.2 Å². The summed E-state index contributed by atoms with van der Waals surface area (Å²) >= 11 is 1.47. The number of carbonyl (C=O) groups is 2. The Balaban J connectivity index is 1.90. The SMILES string of the molecule is CCCOc1cccc(/C(O)=C2/C(=O)C(=O)N(c3ccccc3C)C2c2sccc2C)c1. The van der Waals surface area contributed by atoms with E-state index in [0.29, 0.717) is 23.6 Å². The van der Waals surface area contributed by atoms with E-state index in [-0.39, 0.29) is 11.3 Å². The van der Waals surface area contributed by atoms with E-state index in [1.165, 1.54) is 16.2 Å². The standard InChI is InChI=1S/C26H25NO4S/c1-4-13-31-19-10-7-9-18(15-19)23(28)21-22(25-17(3)12-14-32-25)27(26(30)24(21)29)20-11-6-5-8-16(20)2/h5-12,14-15,22,28H,4,13H2,1-3H3/b23-21-. The molecule has 1 atom stereocenters. The Morgan fingerprint density at radius 1 is 1.06 bits per heavy atom. The molecule has 32 heavy (non-hydrogen) atoms. The maximum absolute atomic E-state index is 13.3. The molecule has 5 nitrogen and oxygen atoms in total. The number of amides is 1. The largest absolute Gasteiger partial charge is 0.507 e. The number of ketones is 1. The minimum absolute atomic E-state index is 0.0939. The van der Waals surface area contributed by atoms with Gasteiger partial charge in [-0.05, 0) is 61.0 Å². The van der Waals surface area contributed by atoms with Crippen molar-refractivity contribution in [2.24, 2.45) is 0 Å². The molecule has 2 heterocycles. The molecule has 0 saturated carbocycles. The molecule has 6 heteroatoms. The first-order valence-electron chi connectivity index (χ1n) is 10.6. The van der Waals surface area contributed by atoms with Crippen LogP contribution in [0.1, 0.15) is 41.0 Å². The van der Waals surface area contributed by atoms with Crippen LogP contribution in [0.15, 0.2) is 65.6 Å². The lowest BCUT2D eigenvalue weighted by Crippen LogP contribution is -2.30. The van der Waals surface area contributed by atoms with Crippen molar-refractivity contribution in [3.8, 4) is 5.75 Å². The molecule has 1 saturated heterocycles. The molecule has 1 N–H and O–H groups in total. The summed E-state index contributed by atoms with van der Waals surface area (Å²) in [5.74, 6) is -0.924. The Bertz CT molecular complexity index is 1210. The number of aliphatic hydroxyl groups excluding tert-OH is 1. The number of rotatable bonds is 6. The summed E-state index contributed by atoms with van der Waals surface area (Å²) in [5.41, 5.74) is 3.04. The van der Waals surface area contributed by atoms with Gasteiger partial charge in [-0.1, -0.05) is 37.3 Å². The van der Waals surface area contributed by atoms with Gasteiger partial charge in [0.05, 0.1) is 12.2 Å². The number of ether oxygens (including phenoxy) is 1. The van der Waals surface area contributed by atoms with E-state index >= 15 is 0 Å². The van der Waals surface area contributed by atoms with Gasteiger partial charge in [-0.25, -0.2) is 0 Å². The van der Waals surface area contributed by atoms with E-state index in [2.05, 4.69) is 0 Å². The second-order valence-corrected chi connectivity index (χ2v) is 8.75. The molecular weight excluding hydrogens is 422 g/mol. The van der Waals surface area contributed by atoms with Gasteiger partial charge >= 0.3 is 0 Å². The third kappa shape index (κ3) is 3.82. The highest BCUT2D eigenvalue weighted by atomic mass is 32.1. The highest BCUT2D eigenvalue weighted by molar-refractivity contribution is 7.10. The fourth-order valence-electron chi connectivity index (χ4n) is 3.94. The Hall–Kier alpha value is -3.38. The third-order valence-corrected chi connectivity index (χ3v) is 6.62. The Kier molecular flexibility index (Phi) is 6.15. The number of thiophene rings is 1. The van der Waals surface area contributed by atoms with Crippen molar-refractivity contribution >= 4 is 34.5 Å². The van der Waals surface area contributed by atoms with Gasteiger partial charge in [0, 0.05) is 16.1 Å². The van der Waals surface area contributed by atoms with Gasteiger partial charge in [-0.3, -0.25) is 14.5 Å². The summed E-state index contributed by atoms with van der Waals surface area (Å²) in [6.45, 7) is 6.42. The quantitative estimate of drug-likeness (QED) is 0.295. The number of benzene rings is 2. The van der Waals surface area contributed by atoms with Crippen molar-refractivity contribution in [1.82, 2.24) is 0 Å². The fraction of sp³-hybridized carbons (Fsp3) is 0.231. The van der Waals surface area contributed by atoms with Gasteiger partial charge in [0.15, 0.2) is 0 Å². The molecule has 0 bridgehead atoms. The first-order valence-corrected chi connectivity index (χ1v) is 11.5. The van der Waals surface area contributed by atoms with E-state index < -0.39 is 17.7 Å². The fourth-order valence-corrected chi connectivity index (χ4v) is 4.96. The minimum atomic E-state index is -0.698. The number of anilines is 1. The van der Waals surface area contributed by atoms with E-state index in [4.69, 9.17) is 4.74 Å². The van der Waals surface area contributed by atoms with Crippen molar-refractivity contribution in [3.63, 3.8) is 0 Å². The molecule has 0 spiro atoms. The maximum atomic E-state index is 13.3. The van der Waals surface area contributed by atoms with Crippen molar-refractivity contribution in [2.75, 3.05) is 11.5 Å². The van der Waals surface area contributed by atoms with Crippen LogP contribution in [0.3, 0.4) is 0 Å². The molecule has 0 radical (unpaired) electrons. The van der Waals surface area contributed by atoms with E-state index in [1.807, 2.05) is 56.5 Å². The van der Waals surface area contributed by atoms with Crippen LogP contribution in [0, 0.1) is 13.8 Å². The lowest BCUT2D eigenvalue weighted by molar-refractivity contribution is -0.132. The number of hydrogen-bond acceptors (Lipinski definition) is 5. The minimum Gasteiger partial charge on any atom is -0.507 e. The average molecular weight is 448 g/mol. The van der Waals surface area contributed by atoms with Crippen LogP contribution in [-0.4, -0.2) is 23.4 Å². The Morgan fingerprint density at radius 3 is 2.53 bits per heavy atom. The molecule has 3 aromatic rings. The average Bonchev–Trinajstić information content (AvgIpc) is 3.33. The van der Waals surface area contributed by atoms with Gasteiger partial charge in [0.25, 0.3) is 11.7 Å². The highest BCUT2D eigenvalue weighted by Gasteiger charge is 2.48. The molecule has 1 aliphatic rings. The molecule has 4 rings (SSSR count). The topological polar surface area (TPSA) is 66.8 Å². The summed E-state index contributed by atoms with van der Waals surface area (Å²) < 4.78 is 5.69. The van der Waals surface area contributed by atoms with Crippen molar-refractivity contribution in [1.29, 1.82) is 0 Å². The van der Waals surface area contributed by atoms with Crippen LogP contribution in [0.5, 0.6) is 5.75 Å². The van der Waals surface area contributed by atoms with Gasteiger partial charge in [-0.15, -0.1) is 11.3 Å². The molecular formula is C26H25NO4S. The third-order valence-electron chi connectivity index (χ3n) is 5.55. The Labute approximate surface area is 191 Å². The van der Waals surface area contributed by atoms with E-state index in [9.17, 15) is 14.7 Å². The lowest BCUT2D eigenvalue weighted by Gasteiger charge is -2.26. The second-order valence-electron chi connectivity index (χ2n) is 7.80. The first kappa shape index (κ1) is 21.8. The molecule has 1 aliphatic heterocycles. The number of nitrogens with zero attached hydrogens (tertiary/aromatic N) is 1. The summed E-state index contributed by atoms with van der Waals surface area (Å²) in [4.78, 5) is 28.9. The second kappa shape index (κ2) is 9.01. The van der Waals surface area contributed by atoms with Gasteiger partial charge < -0.3 is 9.84 Å². The predicted molar refractivity (Wildman–Crippen MR) is 127 cm³/mol. The molecule has 2 aromatic carbocycles. The Morgan fingerprint density at radius 2 is 1.84 bits per heavy atom. The predicted octanol–water partition coefficient (Wildman–Crippen LogP) is 5.78. The maximum Gasteiger partial charge on any atom is 0.300 e. The zero-order valence-electron chi connectivity index (χ0n) is 18.3. The number of para-hydroxylation sites is 1. The molecule has 164 valence electrons. The van der Waals surface area contributed by atoms with Gasteiger partial charge in [0.2, 0.25) is 0 Å². The summed E-state index contributed by atoms with van der Waals surface area (Å²) in [6.07, 6.45) is 0.857. The number of hydrogen-bond donors (Lipinski definition) is 1. The van der Waals surface area contributed by atoms with Crippen LogP contribution < -0.4 is 9.64 Å². The zero-order chi connectivity index (χ0) is 22.8. The number of carbonyl (C=O) groups excluding carboxylic acids is 2. The van der Waals surface area contributed by atoms with Gasteiger partial charge in [0.1, 0.15) is 17.6 Å². The lowest BCUT2D eigenvalue weighted by atomic mass is 9.98. The molecule has 0 aliphatic carbocycles. The zero-order valence-corrected chi connectivity index (χ0v) is 19.1. The van der Waals surface area contributed by atoms with Crippen LogP contribution >= 0.6 is 11.3 Å². The van der Waals surface area contributed by atoms with Crippen molar-refractivity contribution < 1.29 is 19.4 Å².